The lowest BCUT2D eigenvalue weighted by Crippen LogP contribution is -1.94. The summed E-state index contributed by atoms with van der Waals surface area (Å²) in [5.41, 5.74) is 8.61. The second-order valence-corrected chi connectivity index (χ2v) is 3.37. The van der Waals surface area contributed by atoms with E-state index in [2.05, 4.69) is 9.97 Å². The zero-order chi connectivity index (χ0) is 10.1. The molecule has 0 amide bonds. The highest BCUT2D eigenvalue weighted by molar-refractivity contribution is 5.70. The van der Waals surface area contributed by atoms with E-state index in [-0.39, 0.29) is 0 Å². The number of hydrogen-bond donors (Lipinski definition) is 1. The van der Waals surface area contributed by atoms with Gasteiger partial charge in [-0.25, -0.2) is 9.97 Å². The Balaban J connectivity index is 2.55. The number of nitrogens with zero attached hydrogens (tertiary/aromatic N) is 3. The first-order valence-electron chi connectivity index (χ1n) is 4.37. The summed E-state index contributed by atoms with van der Waals surface area (Å²) in [5, 5.41) is 0. The maximum Gasteiger partial charge on any atom is 0.132 e. The van der Waals surface area contributed by atoms with Gasteiger partial charge in [-0.3, -0.25) is 0 Å². The van der Waals surface area contributed by atoms with Gasteiger partial charge in [-0.1, -0.05) is 0 Å². The van der Waals surface area contributed by atoms with E-state index < -0.39 is 0 Å². The standard InChI is InChI=1S/C10H12N4/c1-7-3-8(10(11)12-4-7)9-5-14(2)6-13-9/h3-6H,1-2H3,(H2,11,12). The minimum Gasteiger partial charge on any atom is -0.383 e. The van der Waals surface area contributed by atoms with Gasteiger partial charge in [0.15, 0.2) is 0 Å². The Labute approximate surface area is 82.4 Å². The summed E-state index contributed by atoms with van der Waals surface area (Å²) in [6, 6.07) is 1.99. The van der Waals surface area contributed by atoms with E-state index in [9.17, 15) is 0 Å². The number of anilines is 1. The topological polar surface area (TPSA) is 56.7 Å². The monoisotopic (exact) mass is 188 g/mol. The van der Waals surface area contributed by atoms with Gasteiger partial charge in [0.05, 0.1) is 12.0 Å². The molecule has 2 aromatic rings. The third-order valence-corrected chi connectivity index (χ3v) is 2.04. The van der Waals surface area contributed by atoms with Crippen molar-refractivity contribution in [2.45, 2.75) is 6.92 Å². The molecule has 2 heterocycles. The molecule has 0 spiro atoms. The summed E-state index contributed by atoms with van der Waals surface area (Å²) in [6.07, 6.45) is 5.42. The third kappa shape index (κ3) is 1.46. The molecule has 2 aromatic heterocycles. The highest BCUT2D eigenvalue weighted by atomic mass is 15.0. The van der Waals surface area contributed by atoms with Gasteiger partial charge < -0.3 is 10.3 Å². The van der Waals surface area contributed by atoms with Crippen molar-refractivity contribution in [3.63, 3.8) is 0 Å². The van der Waals surface area contributed by atoms with Crippen LogP contribution in [0, 0.1) is 6.92 Å². The van der Waals surface area contributed by atoms with E-state index in [0.29, 0.717) is 5.82 Å². The van der Waals surface area contributed by atoms with Gasteiger partial charge in [-0.05, 0) is 18.6 Å². The maximum absolute atomic E-state index is 5.77. The zero-order valence-corrected chi connectivity index (χ0v) is 8.23. The largest absolute Gasteiger partial charge is 0.383 e. The predicted octanol–water partition coefficient (Wildman–Crippen LogP) is 1.37. The first-order valence-corrected chi connectivity index (χ1v) is 4.37. The van der Waals surface area contributed by atoms with Crippen molar-refractivity contribution in [1.29, 1.82) is 0 Å². The molecule has 72 valence electrons. The molecule has 0 bridgehead atoms. The summed E-state index contributed by atoms with van der Waals surface area (Å²) in [5.74, 6) is 0.523. The molecule has 0 radical (unpaired) electrons. The van der Waals surface area contributed by atoms with Gasteiger partial charge in [0, 0.05) is 25.0 Å². The lowest BCUT2D eigenvalue weighted by molar-refractivity contribution is 0.913. The summed E-state index contributed by atoms with van der Waals surface area (Å²) in [7, 11) is 1.93. The van der Waals surface area contributed by atoms with Crippen LogP contribution in [-0.4, -0.2) is 14.5 Å². The summed E-state index contributed by atoms with van der Waals surface area (Å²) >= 11 is 0. The molecule has 0 saturated heterocycles. The van der Waals surface area contributed by atoms with Crippen LogP contribution in [0.5, 0.6) is 0 Å². The van der Waals surface area contributed by atoms with E-state index in [1.807, 2.05) is 30.8 Å². The first-order chi connectivity index (χ1) is 6.66. The lowest BCUT2D eigenvalue weighted by Gasteiger charge is -2.01. The number of nitrogen functional groups attached to an aromatic ring is 1. The van der Waals surface area contributed by atoms with Crippen molar-refractivity contribution in [2.75, 3.05) is 5.73 Å². The predicted molar refractivity (Wildman–Crippen MR) is 55.6 cm³/mol. The van der Waals surface area contributed by atoms with E-state index in [4.69, 9.17) is 5.73 Å². The molecule has 0 saturated carbocycles. The van der Waals surface area contributed by atoms with Crippen molar-refractivity contribution in [3.05, 3.63) is 30.4 Å². The van der Waals surface area contributed by atoms with Crippen LogP contribution in [-0.2, 0) is 7.05 Å². The molecule has 0 aliphatic rings. The smallest absolute Gasteiger partial charge is 0.132 e. The van der Waals surface area contributed by atoms with Gasteiger partial charge >= 0.3 is 0 Å². The Morgan fingerprint density at radius 2 is 2.14 bits per heavy atom. The first kappa shape index (κ1) is 8.74. The van der Waals surface area contributed by atoms with Crippen molar-refractivity contribution >= 4 is 5.82 Å². The lowest BCUT2D eigenvalue weighted by atomic mass is 10.1. The Morgan fingerprint density at radius 1 is 1.36 bits per heavy atom. The molecule has 2 rings (SSSR count). The van der Waals surface area contributed by atoms with Crippen molar-refractivity contribution in [2.24, 2.45) is 7.05 Å². The van der Waals surface area contributed by atoms with Crippen LogP contribution in [0.25, 0.3) is 11.3 Å². The summed E-state index contributed by atoms with van der Waals surface area (Å²) < 4.78 is 1.89. The maximum atomic E-state index is 5.77. The normalized spacial score (nSPS) is 10.4. The van der Waals surface area contributed by atoms with E-state index in [0.717, 1.165) is 16.8 Å². The fourth-order valence-corrected chi connectivity index (χ4v) is 1.34. The Morgan fingerprint density at radius 3 is 2.79 bits per heavy atom. The molecule has 0 atom stereocenters. The minimum absolute atomic E-state index is 0.523. The molecule has 4 heteroatoms. The van der Waals surface area contributed by atoms with Crippen molar-refractivity contribution in [1.82, 2.24) is 14.5 Å². The number of nitrogens with two attached hydrogens (primary N) is 1. The molecular weight excluding hydrogens is 176 g/mol. The molecule has 0 unspecified atom stereocenters. The Kier molecular flexibility index (Phi) is 1.96. The van der Waals surface area contributed by atoms with Crippen molar-refractivity contribution in [3.8, 4) is 11.3 Å². The van der Waals surface area contributed by atoms with E-state index >= 15 is 0 Å². The number of hydrogen-bond acceptors (Lipinski definition) is 3. The Hall–Kier alpha value is -1.84. The number of aryl methyl sites for hydroxylation is 2. The SMILES string of the molecule is Cc1cnc(N)c(-c2cn(C)cn2)c1. The van der Waals surface area contributed by atoms with Gasteiger partial charge in [0.2, 0.25) is 0 Å². The van der Waals surface area contributed by atoms with E-state index in [1.165, 1.54) is 0 Å². The fourth-order valence-electron chi connectivity index (χ4n) is 1.34. The van der Waals surface area contributed by atoms with Gasteiger partial charge in [0.1, 0.15) is 5.82 Å². The molecule has 2 N–H and O–H groups in total. The number of rotatable bonds is 1. The second-order valence-electron chi connectivity index (χ2n) is 3.37. The highest BCUT2D eigenvalue weighted by Gasteiger charge is 2.06. The Bertz CT molecular complexity index is 459. The molecule has 0 aromatic carbocycles. The molecule has 0 aliphatic heterocycles. The molecule has 0 aliphatic carbocycles. The average Bonchev–Trinajstić information content (AvgIpc) is 2.56. The quantitative estimate of drug-likeness (QED) is 0.735. The fraction of sp³-hybridized carbons (Fsp3) is 0.200. The zero-order valence-electron chi connectivity index (χ0n) is 8.23. The number of aromatic nitrogens is 3. The van der Waals surface area contributed by atoms with Gasteiger partial charge in [-0.15, -0.1) is 0 Å². The third-order valence-electron chi connectivity index (χ3n) is 2.04. The highest BCUT2D eigenvalue weighted by Crippen LogP contribution is 2.22. The van der Waals surface area contributed by atoms with Crippen LogP contribution in [0.1, 0.15) is 5.56 Å². The van der Waals surface area contributed by atoms with Gasteiger partial charge in [0.25, 0.3) is 0 Å². The van der Waals surface area contributed by atoms with Crippen LogP contribution in [0.3, 0.4) is 0 Å². The number of pyridine rings is 1. The molecule has 0 fully saturated rings. The number of imidazole rings is 1. The molecule has 14 heavy (non-hydrogen) atoms. The minimum atomic E-state index is 0.523. The van der Waals surface area contributed by atoms with Crippen LogP contribution < -0.4 is 5.73 Å². The average molecular weight is 188 g/mol. The molecule has 4 nitrogen and oxygen atoms in total. The summed E-state index contributed by atoms with van der Waals surface area (Å²) in [6.45, 7) is 1.98. The van der Waals surface area contributed by atoms with E-state index in [1.54, 1.807) is 12.5 Å². The van der Waals surface area contributed by atoms with Crippen LogP contribution >= 0.6 is 0 Å². The van der Waals surface area contributed by atoms with Crippen LogP contribution in [0.4, 0.5) is 5.82 Å². The van der Waals surface area contributed by atoms with Gasteiger partial charge in [-0.2, -0.15) is 0 Å². The van der Waals surface area contributed by atoms with Crippen LogP contribution in [0.2, 0.25) is 0 Å². The van der Waals surface area contributed by atoms with Crippen molar-refractivity contribution < 1.29 is 0 Å². The molecular formula is C10H12N4. The van der Waals surface area contributed by atoms with Crippen LogP contribution in [0.15, 0.2) is 24.8 Å². The second kappa shape index (κ2) is 3.14. The summed E-state index contributed by atoms with van der Waals surface area (Å²) in [4.78, 5) is 8.32.